The molecule has 0 aromatic heterocycles. The number of thioether (sulfide) groups is 2. The summed E-state index contributed by atoms with van der Waals surface area (Å²) in [5.74, 6) is 0. The number of hydrogen-bond donors (Lipinski definition) is 0. The van der Waals surface area contributed by atoms with Crippen LogP contribution in [0.5, 0.6) is 0 Å². The first-order valence-electron chi connectivity index (χ1n) is 19.6. The van der Waals surface area contributed by atoms with Crippen molar-refractivity contribution in [2.24, 2.45) is 0 Å². The van der Waals surface area contributed by atoms with Gasteiger partial charge >= 0.3 is 0 Å². The summed E-state index contributed by atoms with van der Waals surface area (Å²) in [5.41, 5.74) is 16.0. The first kappa shape index (κ1) is 37.1. The van der Waals surface area contributed by atoms with E-state index in [-0.39, 0.29) is 33.0 Å². The van der Waals surface area contributed by atoms with Gasteiger partial charge in [-0.05, 0) is 108 Å². The van der Waals surface area contributed by atoms with Crippen LogP contribution in [-0.2, 0) is 21.7 Å². The molecule has 0 saturated heterocycles. The summed E-state index contributed by atoms with van der Waals surface area (Å²) in [4.78, 5) is 6.65. The molecule has 0 fully saturated rings. The zero-order chi connectivity index (χ0) is 38.5. The molecule has 0 radical (unpaired) electrons. The van der Waals surface area contributed by atoms with Gasteiger partial charge < -0.3 is 9.80 Å². The minimum atomic E-state index is -0.0558. The second-order valence-electron chi connectivity index (χ2n) is 19.5. The Morgan fingerprint density at radius 2 is 0.944 bits per heavy atom. The monoisotopic (exact) mass is 746 g/mol. The molecule has 0 bridgehead atoms. The summed E-state index contributed by atoms with van der Waals surface area (Å²) >= 11 is 4.09. The molecule has 3 aliphatic heterocycles. The molecule has 5 aromatic carbocycles. The average Bonchev–Trinajstić information content (AvgIpc) is 3.55. The molecule has 8 rings (SSSR count). The smallest absolute Gasteiger partial charge is 0.260 e. The van der Waals surface area contributed by atoms with Gasteiger partial charge in [0.2, 0.25) is 0 Å². The van der Waals surface area contributed by atoms with E-state index < -0.39 is 0 Å². The average molecular weight is 747 g/mol. The SMILES string of the molecule is CC(C)(C)c1ccc(N2C3=C(SC(c4ccccc4)S3)B3c4cc(C(C)(C)C)ccc4N(c4ccc(C(C)(C)C)cc4)c4cc(C(C)(C)C)cc2c43)cc1. The maximum absolute atomic E-state index is 2.62. The Morgan fingerprint density at radius 3 is 1.46 bits per heavy atom. The third kappa shape index (κ3) is 6.43. The summed E-state index contributed by atoms with van der Waals surface area (Å²) < 4.78 is 0.268. The van der Waals surface area contributed by atoms with E-state index in [1.807, 2.05) is 11.8 Å². The fourth-order valence-electron chi connectivity index (χ4n) is 8.05. The van der Waals surface area contributed by atoms with E-state index >= 15 is 0 Å². The van der Waals surface area contributed by atoms with Crippen LogP contribution in [0.3, 0.4) is 0 Å². The third-order valence-corrected chi connectivity index (χ3v) is 14.4. The Labute approximate surface area is 333 Å². The van der Waals surface area contributed by atoms with Crippen LogP contribution in [-0.4, -0.2) is 6.71 Å². The normalized spacial score (nSPS) is 17.1. The first-order chi connectivity index (χ1) is 25.3. The Hall–Kier alpha value is -3.80. The lowest BCUT2D eigenvalue weighted by molar-refractivity contribution is 0.589. The highest BCUT2D eigenvalue weighted by Gasteiger charge is 2.49. The molecule has 5 aromatic rings. The van der Waals surface area contributed by atoms with Gasteiger partial charge in [-0.3, -0.25) is 0 Å². The van der Waals surface area contributed by atoms with E-state index in [1.54, 1.807) is 0 Å². The van der Waals surface area contributed by atoms with Crippen LogP contribution in [0.4, 0.5) is 28.4 Å². The van der Waals surface area contributed by atoms with Crippen LogP contribution in [0, 0.1) is 0 Å². The lowest BCUT2D eigenvalue weighted by atomic mass is 9.37. The minimum absolute atomic E-state index is 0.0181. The van der Waals surface area contributed by atoms with Crippen LogP contribution < -0.4 is 20.7 Å². The van der Waals surface area contributed by atoms with Gasteiger partial charge in [0.05, 0.1) is 9.61 Å². The number of nitrogens with zero attached hydrogens (tertiary/aromatic N) is 2. The second kappa shape index (κ2) is 12.9. The van der Waals surface area contributed by atoms with E-state index in [1.165, 1.54) is 77.0 Å². The molecular weight excluding hydrogens is 691 g/mol. The second-order valence-corrected chi connectivity index (χ2v) is 22.1. The van der Waals surface area contributed by atoms with Gasteiger partial charge in [0, 0.05) is 28.4 Å². The minimum Gasteiger partial charge on any atom is -0.311 e. The quantitative estimate of drug-likeness (QED) is 0.170. The first-order valence-corrected chi connectivity index (χ1v) is 21.3. The molecule has 0 aliphatic carbocycles. The molecule has 276 valence electrons. The van der Waals surface area contributed by atoms with Gasteiger partial charge in [-0.1, -0.05) is 162 Å². The van der Waals surface area contributed by atoms with Crippen molar-refractivity contribution in [3.8, 4) is 0 Å². The molecular formula is C49H55BN2S2. The van der Waals surface area contributed by atoms with Gasteiger partial charge in [0.1, 0.15) is 0 Å². The standard InChI is InChI=1S/C49H55BN2S2/c1-46(2,3)32-18-23-36(24-19-32)51-39-27-22-34(48(7,8)9)28-38(39)50-42-40(51)29-35(49(10,11)12)30-41(42)52(37-25-20-33(21-26-37)47(4,5)6)44-43(50)53-45(54-44)31-16-14-13-15-17-31/h13-30,45H,1-12H3. The van der Waals surface area contributed by atoms with Crippen molar-refractivity contribution in [3.63, 3.8) is 0 Å². The summed E-state index contributed by atoms with van der Waals surface area (Å²) in [5, 5.41) is 1.36. The molecule has 0 spiro atoms. The Balaban J connectivity index is 1.44. The molecule has 0 N–H and O–H groups in total. The van der Waals surface area contributed by atoms with Crippen molar-refractivity contribution in [2.75, 3.05) is 9.80 Å². The third-order valence-electron chi connectivity index (χ3n) is 11.4. The van der Waals surface area contributed by atoms with Crippen molar-refractivity contribution in [1.82, 2.24) is 0 Å². The molecule has 3 aliphatic rings. The Kier molecular flexibility index (Phi) is 8.86. The van der Waals surface area contributed by atoms with Gasteiger partial charge in [0.15, 0.2) is 0 Å². The highest BCUT2D eigenvalue weighted by molar-refractivity contribution is 8.24. The van der Waals surface area contributed by atoms with Gasteiger partial charge in [-0.25, -0.2) is 0 Å². The lowest BCUT2D eigenvalue weighted by Gasteiger charge is -2.44. The zero-order valence-electron chi connectivity index (χ0n) is 34.3. The van der Waals surface area contributed by atoms with Crippen LogP contribution in [0.15, 0.2) is 119 Å². The van der Waals surface area contributed by atoms with Crippen LogP contribution in [0.25, 0.3) is 0 Å². The molecule has 1 atom stereocenters. The van der Waals surface area contributed by atoms with E-state index in [9.17, 15) is 0 Å². The van der Waals surface area contributed by atoms with Gasteiger partial charge in [-0.15, -0.1) is 11.8 Å². The molecule has 0 saturated carbocycles. The van der Waals surface area contributed by atoms with E-state index in [0.29, 0.717) is 0 Å². The molecule has 1 unspecified atom stereocenters. The van der Waals surface area contributed by atoms with Crippen molar-refractivity contribution in [2.45, 2.75) is 109 Å². The van der Waals surface area contributed by atoms with Crippen molar-refractivity contribution in [3.05, 3.63) is 147 Å². The van der Waals surface area contributed by atoms with Crippen molar-refractivity contribution >= 4 is 69.6 Å². The summed E-state index contributed by atoms with van der Waals surface area (Å²) in [6, 6.07) is 42.3. The number of hydrogen-bond acceptors (Lipinski definition) is 4. The summed E-state index contributed by atoms with van der Waals surface area (Å²) in [6.45, 7) is 28.0. The predicted octanol–water partition coefficient (Wildman–Crippen LogP) is 13.3. The highest BCUT2D eigenvalue weighted by Crippen LogP contribution is 2.61. The predicted molar refractivity (Wildman–Crippen MR) is 241 cm³/mol. The number of rotatable bonds is 3. The van der Waals surface area contributed by atoms with Crippen LogP contribution >= 0.6 is 23.5 Å². The topological polar surface area (TPSA) is 6.48 Å². The van der Waals surface area contributed by atoms with E-state index in [0.717, 1.165) is 0 Å². The highest BCUT2D eigenvalue weighted by atomic mass is 32.2. The van der Waals surface area contributed by atoms with Gasteiger partial charge in [0.25, 0.3) is 6.71 Å². The van der Waals surface area contributed by atoms with E-state index in [4.69, 9.17) is 0 Å². The number of benzene rings is 5. The molecule has 3 heterocycles. The maximum atomic E-state index is 2.62. The lowest BCUT2D eigenvalue weighted by Crippen LogP contribution is -2.55. The van der Waals surface area contributed by atoms with E-state index in [2.05, 4.69) is 214 Å². The summed E-state index contributed by atoms with van der Waals surface area (Å²) in [7, 11) is 0. The van der Waals surface area contributed by atoms with Gasteiger partial charge in [-0.2, -0.15) is 0 Å². The van der Waals surface area contributed by atoms with Crippen molar-refractivity contribution in [1.29, 1.82) is 0 Å². The fourth-order valence-corrected chi connectivity index (χ4v) is 11.3. The largest absolute Gasteiger partial charge is 0.311 e. The number of anilines is 5. The maximum Gasteiger partial charge on any atom is 0.260 e. The molecule has 5 heteroatoms. The van der Waals surface area contributed by atoms with Crippen LogP contribution in [0.1, 0.15) is 115 Å². The van der Waals surface area contributed by atoms with Crippen LogP contribution in [0.2, 0.25) is 0 Å². The fraction of sp³-hybridized carbons (Fsp3) is 0.347. The number of fused-ring (bicyclic) bond motifs is 3. The molecule has 54 heavy (non-hydrogen) atoms. The van der Waals surface area contributed by atoms with Crippen molar-refractivity contribution < 1.29 is 0 Å². The summed E-state index contributed by atoms with van der Waals surface area (Å²) in [6.07, 6.45) is 0. The zero-order valence-corrected chi connectivity index (χ0v) is 35.9. The Morgan fingerprint density at radius 1 is 0.463 bits per heavy atom. The molecule has 0 amide bonds. The molecule has 2 nitrogen and oxygen atoms in total. The Bertz CT molecular complexity index is 2260.